The highest BCUT2D eigenvalue weighted by molar-refractivity contribution is 5.95. The highest BCUT2D eigenvalue weighted by Gasteiger charge is 2.17. The number of carbonyl (C=O) groups is 1. The van der Waals surface area contributed by atoms with Crippen LogP contribution in [0.4, 0.5) is 0 Å². The lowest BCUT2D eigenvalue weighted by Crippen LogP contribution is -2.42. The van der Waals surface area contributed by atoms with Crippen LogP contribution in [0.15, 0.2) is 18.2 Å². The molecular formula is C17H26N2O3. The maximum Gasteiger partial charge on any atom is 0.251 e. The zero-order chi connectivity index (χ0) is 15.9. The highest BCUT2D eigenvalue weighted by atomic mass is 16.5. The van der Waals surface area contributed by atoms with E-state index in [2.05, 4.69) is 24.5 Å². The van der Waals surface area contributed by atoms with E-state index in [9.17, 15) is 4.79 Å². The van der Waals surface area contributed by atoms with Gasteiger partial charge in [0.1, 0.15) is 0 Å². The van der Waals surface area contributed by atoms with Crippen molar-refractivity contribution in [3.63, 3.8) is 0 Å². The fraction of sp³-hybridized carbons (Fsp3) is 0.588. The molecule has 1 fully saturated rings. The van der Waals surface area contributed by atoms with Crippen LogP contribution in [-0.4, -0.2) is 38.8 Å². The van der Waals surface area contributed by atoms with E-state index in [1.54, 1.807) is 25.3 Å². The second-order valence-electron chi connectivity index (χ2n) is 6.07. The van der Waals surface area contributed by atoms with Crippen molar-refractivity contribution >= 4 is 5.91 Å². The van der Waals surface area contributed by atoms with Crippen LogP contribution in [0.3, 0.4) is 0 Å². The van der Waals surface area contributed by atoms with Crippen molar-refractivity contribution in [3.8, 4) is 11.5 Å². The molecule has 0 bridgehead atoms. The third-order valence-electron chi connectivity index (χ3n) is 3.67. The quantitative estimate of drug-likeness (QED) is 0.846. The van der Waals surface area contributed by atoms with E-state index in [4.69, 9.17) is 9.47 Å². The molecule has 0 aromatic heterocycles. The minimum Gasteiger partial charge on any atom is -0.493 e. The molecular weight excluding hydrogens is 280 g/mol. The SMILES string of the molecule is COc1cc(C(=O)NC2CCNCC2)ccc1OCC(C)C. The Morgan fingerprint density at radius 3 is 2.68 bits per heavy atom. The Bertz CT molecular complexity index is 497. The van der Waals surface area contributed by atoms with E-state index >= 15 is 0 Å². The summed E-state index contributed by atoms with van der Waals surface area (Å²) in [7, 11) is 1.59. The van der Waals surface area contributed by atoms with Crippen molar-refractivity contribution in [2.24, 2.45) is 5.92 Å². The third-order valence-corrected chi connectivity index (χ3v) is 3.67. The number of rotatable bonds is 6. The van der Waals surface area contributed by atoms with Crippen LogP contribution in [0.5, 0.6) is 11.5 Å². The monoisotopic (exact) mass is 306 g/mol. The largest absolute Gasteiger partial charge is 0.493 e. The van der Waals surface area contributed by atoms with Gasteiger partial charge in [0.05, 0.1) is 13.7 Å². The number of methoxy groups -OCH3 is 1. The average Bonchev–Trinajstić information content (AvgIpc) is 2.53. The zero-order valence-corrected chi connectivity index (χ0v) is 13.6. The molecule has 0 saturated carbocycles. The number of carbonyl (C=O) groups excluding carboxylic acids is 1. The van der Waals surface area contributed by atoms with Crippen LogP contribution in [0.25, 0.3) is 0 Å². The van der Waals surface area contributed by atoms with Gasteiger partial charge in [0, 0.05) is 11.6 Å². The molecule has 1 aliphatic rings. The minimum atomic E-state index is -0.0550. The average molecular weight is 306 g/mol. The van der Waals surface area contributed by atoms with Gasteiger partial charge in [0.15, 0.2) is 11.5 Å². The maximum atomic E-state index is 12.3. The normalized spacial score (nSPS) is 15.6. The number of amides is 1. The summed E-state index contributed by atoms with van der Waals surface area (Å²) in [6, 6.07) is 5.58. The molecule has 1 aliphatic heterocycles. The molecule has 0 aliphatic carbocycles. The Hall–Kier alpha value is -1.75. The third kappa shape index (κ3) is 4.63. The van der Waals surface area contributed by atoms with Crippen LogP contribution >= 0.6 is 0 Å². The summed E-state index contributed by atoms with van der Waals surface area (Å²) < 4.78 is 11.1. The number of hydrogen-bond acceptors (Lipinski definition) is 4. The molecule has 1 aromatic rings. The maximum absolute atomic E-state index is 12.3. The Morgan fingerprint density at radius 2 is 2.05 bits per heavy atom. The first-order valence-electron chi connectivity index (χ1n) is 7.92. The Balaban J connectivity index is 2.02. The summed E-state index contributed by atoms with van der Waals surface area (Å²) in [4.78, 5) is 12.3. The van der Waals surface area contributed by atoms with Gasteiger partial charge in [-0.1, -0.05) is 13.8 Å². The summed E-state index contributed by atoms with van der Waals surface area (Å²) in [6.45, 7) is 6.71. The first kappa shape index (κ1) is 16.6. The summed E-state index contributed by atoms with van der Waals surface area (Å²) in [5.74, 6) is 1.65. The van der Waals surface area contributed by atoms with Crippen LogP contribution in [0, 0.1) is 5.92 Å². The molecule has 5 heteroatoms. The standard InChI is InChI=1S/C17H26N2O3/c1-12(2)11-22-15-5-4-13(10-16(15)21-3)17(20)19-14-6-8-18-9-7-14/h4-5,10,12,14,18H,6-9,11H2,1-3H3,(H,19,20). The Labute approximate surface area is 132 Å². The van der Waals surface area contributed by atoms with Crippen LogP contribution in [-0.2, 0) is 0 Å². The van der Waals surface area contributed by atoms with E-state index < -0.39 is 0 Å². The van der Waals surface area contributed by atoms with Gasteiger partial charge in [-0.2, -0.15) is 0 Å². The molecule has 1 heterocycles. The van der Waals surface area contributed by atoms with E-state index in [1.165, 1.54) is 0 Å². The Kier molecular flexibility index (Phi) is 6.07. The van der Waals surface area contributed by atoms with Gasteiger partial charge in [0.2, 0.25) is 0 Å². The molecule has 0 unspecified atom stereocenters. The molecule has 122 valence electrons. The molecule has 1 amide bonds. The van der Waals surface area contributed by atoms with Crippen molar-refractivity contribution in [2.75, 3.05) is 26.8 Å². The Morgan fingerprint density at radius 1 is 1.32 bits per heavy atom. The van der Waals surface area contributed by atoms with Crippen LogP contribution in [0.1, 0.15) is 37.0 Å². The van der Waals surface area contributed by atoms with E-state index in [0.29, 0.717) is 29.6 Å². The van der Waals surface area contributed by atoms with Gasteiger partial charge in [-0.25, -0.2) is 0 Å². The van der Waals surface area contributed by atoms with Gasteiger partial charge in [0.25, 0.3) is 5.91 Å². The molecule has 1 saturated heterocycles. The van der Waals surface area contributed by atoms with Gasteiger partial charge in [-0.05, 0) is 50.0 Å². The van der Waals surface area contributed by atoms with Crippen molar-refractivity contribution < 1.29 is 14.3 Å². The molecule has 2 N–H and O–H groups in total. The summed E-state index contributed by atoms with van der Waals surface area (Å²) in [6.07, 6.45) is 1.94. The zero-order valence-electron chi connectivity index (χ0n) is 13.6. The predicted octanol–water partition coefficient (Wildman–Crippen LogP) is 2.21. The van der Waals surface area contributed by atoms with Crippen LogP contribution < -0.4 is 20.1 Å². The fourth-order valence-electron chi connectivity index (χ4n) is 2.42. The van der Waals surface area contributed by atoms with Gasteiger partial charge in [-0.15, -0.1) is 0 Å². The fourth-order valence-corrected chi connectivity index (χ4v) is 2.42. The molecule has 1 aromatic carbocycles. The number of nitrogens with one attached hydrogen (secondary N) is 2. The van der Waals surface area contributed by atoms with Crippen molar-refractivity contribution in [3.05, 3.63) is 23.8 Å². The molecule has 2 rings (SSSR count). The number of ether oxygens (including phenoxy) is 2. The lowest BCUT2D eigenvalue weighted by atomic mass is 10.1. The molecule has 0 radical (unpaired) electrons. The van der Waals surface area contributed by atoms with Crippen molar-refractivity contribution in [2.45, 2.75) is 32.7 Å². The van der Waals surface area contributed by atoms with Gasteiger partial charge < -0.3 is 20.1 Å². The smallest absolute Gasteiger partial charge is 0.251 e. The summed E-state index contributed by atoms with van der Waals surface area (Å²) in [5.41, 5.74) is 0.604. The topological polar surface area (TPSA) is 59.6 Å². The lowest BCUT2D eigenvalue weighted by molar-refractivity contribution is 0.0929. The van der Waals surface area contributed by atoms with Crippen LogP contribution in [0.2, 0.25) is 0 Å². The molecule has 22 heavy (non-hydrogen) atoms. The van der Waals surface area contributed by atoms with Crippen molar-refractivity contribution in [1.29, 1.82) is 0 Å². The molecule has 0 spiro atoms. The van der Waals surface area contributed by atoms with E-state index in [-0.39, 0.29) is 11.9 Å². The van der Waals surface area contributed by atoms with Gasteiger partial charge in [-0.3, -0.25) is 4.79 Å². The molecule has 0 atom stereocenters. The number of hydrogen-bond donors (Lipinski definition) is 2. The molecule has 5 nitrogen and oxygen atoms in total. The van der Waals surface area contributed by atoms with Crippen molar-refractivity contribution in [1.82, 2.24) is 10.6 Å². The minimum absolute atomic E-state index is 0.0550. The lowest BCUT2D eigenvalue weighted by Gasteiger charge is -2.23. The highest BCUT2D eigenvalue weighted by Crippen LogP contribution is 2.28. The predicted molar refractivity (Wildman–Crippen MR) is 86.7 cm³/mol. The van der Waals surface area contributed by atoms with E-state index in [0.717, 1.165) is 25.9 Å². The first-order valence-corrected chi connectivity index (χ1v) is 7.92. The second-order valence-corrected chi connectivity index (χ2v) is 6.07. The number of piperidine rings is 1. The summed E-state index contributed by atoms with van der Waals surface area (Å²) >= 11 is 0. The van der Waals surface area contributed by atoms with Gasteiger partial charge >= 0.3 is 0 Å². The van der Waals surface area contributed by atoms with E-state index in [1.807, 2.05) is 0 Å². The first-order chi connectivity index (χ1) is 10.6. The summed E-state index contributed by atoms with van der Waals surface area (Å²) in [5, 5.41) is 6.37. The second kappa shape index (κ2) is 8.03. The number of benzene rings is 1.